The maximum Gasteiger partial charge on any atom is 0.410 e. The number of carbonyl (C=O) groups is 1. The van der Waals surface area contributed by atoms with Gasteiger partial charge in [0.05, 0.1) is 0 Å². The van der Waals surface area contributed by atoms with Crippen LogP contribution in [0.2, 0.25) is 0 Å². The van der Waals surface area contributed by atoms with Crippen molar-refractivity contribution in [1.29, 1.82) is 0 Å². The van der Waals surface area contributed by atoms with Crippen LogP contribution < -0.4 is 0 Å². The van der Waals surface area contributed by atoms with Crippen LogP contribution in [0.4, 0.5) is 4.79 Å². The lowest BCUT2D eigenvalue weighted by Gasteiger charge is -2.32. The molecule has 0 radical (unpaired) electrons. The van der Waals surface area contributed by atoms with Crippen LogP contribution in [-0.4, -0.2) is 34.0 Å². The van der Waals surface area contributed by atoms with E-state index in [2.05, 4.69) is 15.9 Å². The van der Waals surface area contributed by atoms with Crippen LogP contribution in [0, 0.1) is 5.92 Å². The van der Waals surface area contributed by atoms with Gasteiger partial charge in [0.2, 0.25) is 0 Å². The predicted molar refractivity (Wildman–Crippen MR) is 62.2 cm³/mol. The number of hydrogen-bond acceptors (Lipinski definition) is 2. The number of hydrogen-bond donors (Lipinski definition) is 0. The molecule has 2 fully saturated rings. The second-order valence-corrected chi connectivity index (χ2v) is 6.73. The Morgan fingerprint density at radius 1 is 1.40 bits per heavy atom. The number of nitrogens with zero attached hydrogens (tertiary/aromatic N) is 1. The molecule has 3 nitrogen and oxygen atoms in total. The Balaban J connectivity index is 1.98. The van der Waals surface area contributed by atoms with Gasteiger partial charge in [-0.15, -0.1) is 0 Å². The first kappa shape index (κ1) is 11.2. The number of halogens is 1. The lowest BCUT2D eigenvalue weighted by molar-refractivity contribution is 0.0198. The van der Waals surface area contributed by atoms with E-state index in [-0.39, 0.29) is 11.7 Å². The third kappa shape index (κ3) is 2.30. The molecule has 1 heterocycles. The molecule has 0 N–H and O–H groups in total. The smallest absolute Gasteiger partial charge is 0.410 e. The Bertz CT molecular complexity index is 274. The summed E-state index contributed by atoms with van der Waals surface area (Å²) in [5.74, 6) is 0.673. The number of alkyl halides is 1. The van der Waals surface area contributed by atoms with Crippen molar-refractivity contribution in [2.24, 2.45) is 5.92 Å². The standard InChI is InChI=1S/C11H18BrNO2/c1-11(2,3)15-10(14)13-6-7-4-8(12)9(13)5-7/h7-9H,4-6H2,1-3H3/t7-,8+,9-/m0/s1. The number of amides is 1. The Hall–Kier alpha value is -0.250. The van der Waals surface area contributed by atoms with E-state index in [4.69, 9.17) is 4.74 Å². The molecule has 0 aromatic carbocycles. The summed E-state index contributed by atoms with van der Waals surface area (Å²) in [4.78, 5) is 14.2. The van der Waals surface area contributed by atoms with Crippen LogP contribution in [0.3, 0.4) is 0 Å². The highest BCUT2D eigenvalue weighted by molar-refractivity contribution is 9.09. The Morgan fingerprint density at radius 3 is 2.53 bits per heavy atom. The van der Waals surface area contributed by atoms with E-state index in [0.717, 1.165) is 13.0 Å². The highest BCUT2D eigenvalue weighted by Crippen LogP contribution is 2.41. The molecule has 15 heavy (non-hydrogen) atoms. The minimum Gasteiger partial charge on any atom is -0.444 e. The van der Waals surface area contributed by atoms with Gasteiger partial charge >= 0.3 is 6.09 Å². The van der Waals surface area contributed by atoms with Gasteiger partial charge in [-0.05, 0) is 39.5 Å². The molecule has 1 amide bonds. The summed E-state index contributed by atoms with van der Waals surface area (Å²) in [6, 6.07) is 0.352. The monoisotopic (exact) mass is 275 g/mol. The van der Waals surface area contributed by atoms with Crippen molar-refractivity contribution in [3.63, 3.8) is 0 Å². The first-order valence-corrected chi connectivity index (χ1v) is 6.42. The van der Waals surface area contributed by atoms with E-state index in [9.17, 15) is 4.79 Å². The number of fused-ring (bicyclic) bond motifs is 2. The molecule has 1 aliphatic heterocycles. The van der Waals surface area contributed by atoms with Crippen LogP contribution >= 0.6 is 15.9 Å². The summed E-state index contributed by atoms with van der Waals surface area (Å²) < 4.78 is 5.39. The Labute approximate surface area is 99.3 Å². The predicted octanol–water partition coefficient (Wildman–Crippen LogP) is 2.78. The van der Waals surface area contributed by atoms with Gasteiger partial charge in [-0.25, -0.2) is 4.79 Å². The zero-order valence-electron chi connectivity index (χ0n) is 9.50. The number of carbonyl (C=O) groups excluding carboxylic acids is 1. The van der Waals surface area contributed by atoms with Gasteiger partial charge < -0.3 is 9.64 Å². The van der Waals surface area contributed by atoms with Crippen LogP contribution in [-0.2, 0) is 4.74 Å². The zero-order valence-corrected chi connectivity index (χ0v) is 11.1. The first-order chi connectivity index (χ1) is 6.87. The summed E-state index contributed by atoms with van der Waals surface area (Å²) >= 11 is 3.63. The lowest BCUT2D eigenvalue weighted by atomic mass is 10.1. The number of piperidine rings is 1. The third-order valence-electron chi connectivity index (χ3n) is 3.03. The van der Waals surface area contributed by atoms with E-state index >= 15 is 0 Å². The molecule has 2 bridgehead atoms. The van der Waals surface area contributed by atoms with Crippen molar-refractivity contribution >= 4 is 22.0 Å². The molecule has 0 unspecified atom stereocenters. The lowest BCUT2D eigenvalue weighted by Crippen LogP contribution is -2.45. The maximum absolute atomic E-state index is 11.9. The number of ether oxygens (including phenoxy) is 1. The van der Waals surface area contributed by atoms with Crippen molar-refractivity contribution in [2.45, 2.75) is 50.1 Å². The molecule has 1 saturated carbocycles. The molecule has 86 valence electrons. The molecule has 0 spiro atoms. The van der Waals surface area contributed by atoms with Gasteiger partial charge in [0.15, 0.2) is 0 Å². The maximum atomic E-state index is 11.9. The second-order valence-electron chi connectivity index (χ2n) is 5.55. The molecule has 1 saturated heterocycles. The molecule has 2 rings (SSSR count). The minimum atomic E-state index is -0.388. The zero-order chi connectivity index (χ0) is 11.2. The summed E-state index contributed by atoms with van der Waals surface area (Å²) in [5.41, 5.74) is -0.388. The molecular formula is C11H18BrNO2. The summed E-state index contributed by atoms with van der Waals surface area (Å²) in [6.45, 7) is 6.60. The quantitative estimate of drug-likeness (QED) is 0.637. The van der Waals surface area contributed by atoms with Crippen LogP contribution in [0.5, 0.6) is 0 Å². The molecule has 0 aromatic heterocycles. The summed E-state index contributed by atoms with van der Waals surface area (Å²) in [6.07, 6.45) is 2.18. The van der Waals surface area contributed by atoms with E-state index in [1.807, 2.05) is 25.7 Å². The second kappa shape index (κ2) is 3.65. The molecule has 4 heteroatoms. The van der Waals surface area contributed by atoms with Gasteiger partial charge in [0, 0.05) is 17.4 Å². The molecular weight excluding hydrogens is 258 g/mol. The van der Waals surface area contributed by atoms with Gasteiger partial charge in [-0.3, -0.25) is 0 Å². The SMILES string of the molecule is CC(C)(C)OC(=O)N1C[C@H]2C[C@@H](Br)[C@@H]1C2. The Kier molecular flexibility index (Phi) is 2.73. The van der Waals surface area contributed by atoms with Crippen molar-refractivity contribution in [3.8, 4) is 0 Å². The molecule has 1 aliphatic carbocycles. The molecule has 0 aromatic rings. The van der Waals surface area contributed by atoms with Crippen molar-refractivity contribution in [1.82, 2.24) is 4.90 Å². The van der Waals surface area contributed by atoms with E-state index in [1.54, 1.807) is 0 Å². The summed E-state index contributed by atoms with van der Waals surface area (Å²) in [5, 5.41) is 0. The fourth-order valence-corrected chi connectivity index (χ4v) is 3.51. The van der Waals surface area contributed by atoms with E-state index in [1.165, 1.54) is 6.42 Å². The highest BCUT2D eigenvalue weighted by atomic mass is 79.9. The summed E-state index contributed by atoms with van der Waals surface area (Å²) in [7, 11) is 0. The van der Waals surface area contributed by atoms with E-state index in [0.29, 0.717) is 16.8 Å². The highest BCUT2D eigenvalue weighted by Gasteiger charge is 2.46. The minimum absolute atomic E-state index is 0.154. The average Bonchev–Trinajstić information content (AvgIpc) is 2.58. The van der Waals surface area contributed by atoms with Crippen LogP contribution in [0.25, 0.3) is 0 Å². The van der Waals surface area contributed by atoms with Gasteiger partial charge in [-0.1, -0.05) is 15.9 Å². The van der Waals surface area contributed by atoms with Crippen LogP contribution in [0.15, 0.2) is 0 Å². The number of rotatable bonds is 0. The van der Waals surface area contributed by atoms with Crippen molar-refractivity contribution < 1.29 is 9.53 Å². The fourth-order valence-electron chi connectivity index (χ4n) is 2.48. The van der Waals surface area contributed by atoms with Crippen molar-refractivity contribution in [3.05, 3.63) is 0 Å². The van der Waals surface area contributed by atoms with Gasteiger partial charge in [0.25, 0.3) is 0 Å². The van der Waals surface area contributed by atoms with E-state index < -0.39 is 0 Å². The van der Waals surface area contributed by atoms with Gasteiger partial charge in [0.1, 0.15) is 5.60 Å². The van der Waals surface area contributed by atoms with Crippen molar-refractivity contribution in [2.75, 3.05) is 6.54 Å². The largest absolute Gasteiger partial charge is 0.444 e. The topological polar surface area (TPSA) is 29.5 Å². The third-order valence-corrected chi connectivity index (χ3v) is 4.02. The number of likely N-dealkylation sites (tertiary alicyclic amines) is 1. The fraction of sp³-hybridized carbons (Fsp3) is 0.909. The molecule has 2 aliphatic rings. The first-order valence-electron chi connectivity index (χ1n) is 5.50. The normalized spacial score (nSPS) is 34.7. The van der Waals surface area contributed by atoms with Gasteiger partial charge in [-0.2, -0.15) is 0 Å². The van der Waals surface area contributed by atoms with Crippen LogP contribution in [0.1, 0.15) is 33.6 Å². The Morgan fingerprint density at radius 2 is 2.07 bits per heavy atom. The average molecular weight is 276 g/mol. The molecule has 3 atom stereocenters.